The maximum absolute atomic E-state index is 15.9. The molecular formula is C29H17BrF2N4O3S. The van der Waals surface area contributed by atoms with Gasteiger partial charge in [-0.3, -0.25) is 4.68 Å². The summed E-state index contributed by atoms with van der Waals surface area (Å²) in [5, 5.41) is 15.0. The predicted molar refractivity (Wildman–Crippen MR) is 149 cm³/mol. The van der Waals surface area contributed by atoms with Gasteiger partial charge in [0.25, 0.3) is 10.0 Å². The van der Waals surface area contributed by atoms with Crippen LogP contribution in [-0.2, 0) is 16.6 Å². The van der Waals surface area contributed by atoms with Crippen LogP contribution in [0.3, 0.4) is 0 Å². The lowest BCUT2D eigenvalue weighted by Gasteiger charge is -2.16. The summed E-state index contributed by atoms with van der Waals surface area (Å²) in [5.41, 5.74) is 0.905. The Bertz CT molecular complexity index is 2080. The first kappa shape index (κ1) is 25.7. The highest BCUT2D eigenvalue weighted by Crippen LogP contribution is 2.38. The quantitative estimate of drug-likeness (QED) is 0.201. The minimum absolute atomic E-state index is 0.0113. The van der Waals surface area contributed by atoms with E-state index in [0.717, 1.165) is 27.0 Å². The third-order valence-electron chi connectivity index (χ3n) is 6.47. The number of hydrogen-bond acceptors (Lipinski definition) is 5. The number of ether oxygens (including phenoxy) is 1. The molecule has 198 valence electrons. The molecule has 0 aliphatic carbocycles. The van der Waals surface area contributed by atoms with Crippen LogP contribution in [0.15, 0.2) is 101 Å². The van der Waals surface area contributed by atoms with Gasteiger partial charge in [0.05, 0.1) is 28.0 Å². The summed E-state index contributed by atoms with van der Waals surface area (Å²) >= 11 is 3.46. The summed E-state index contributed by atoms with van der Waals surface area (Å²) in [4.78, 5) is 0.0483. The van der Waals surface area contributed by atoms with Crippen molar-refractivity contribution >= 4 is 47.8 Å². The zero-order valence-electron chi connectivity index (χ0n) is 20.4. The van der Waals surface area contributed by atoms with Gasteiger partial charge in [-0.1, -0.05) is 36.4 Å². The SMILES string of the molecule is N#Cc1cc(Oc2c(F)cc3c(ccn3S(=O)(=O)c3ccccc3)c2Cn2nc(Br)c3ccccc32)ccc1F. The molecule has 0 aliphatic rings. The minimum Gasteiger partial charge on any atom is -0.454 e. The Morgan fingerprint density at radius 3 is 2.42 bits per heavy atom. The fourth-order valence-electron chi connectivity index (χ4n) is 4.59. The van der Waals surface area contributed by atoms with E-state index in [-0.39, 0.29) is 34.0 Å². The number of aromatic nitrogens is 3. The molecule has 0 amide bonds. The highest BCUT2D eigenvalue weighted by molar-refractivity contribution is 9.10. The number of benzene rings is 4. The van der Waals surface area contributed by atoms with E-state index in [1.807, 2.05) is 24.3 Å². The molecule has 0 aliphatic heterocycles. The van der Waals surface area contributed by atoms with Gasteiger partial charge in [0.1, 0.15) is 22.2 Å². The summed E-state index contributed by atoms with van der Waals surface area (Å²) in [6, 6.07) is 23.2. The lowest BCUT2D eigenvalue weighted by molar-refractivity contribution is 0.434. The molecule has 6 aromatic rings. The number of nitrogens with zero attached hydrogens (tertiary/aromatic N) is 4. The van der Waals surface area contributed by atoms with Crippen molar-refractivity contribution < 1.29 is 21.9 Å². The van der Waals surface area contributed by atoms with E-state index in [9.17, 15) is 18.1 Å². The lowest BCUT2D eigenvalue weighted by Crippen LogP contribution is -2.12. The predicted octanol–water partition coefficient (Wildman–Crippen LogP) is 6.98. The number of rotatable bonds is 6. The molecule has 6 rings (SSSR count). The summed E-state index contributed by atoms with van der Waals surface area (Å²) < 4.78 is 65.9. The van der Waals surface area contributed by atoms with Crippen LogP contribution in [0.25, 0.3) is 21.8 Å². The van der Waals surface area contributed by atoms with Crippen LogP contribution in [0.1, 0.15) is 11.1 Å². The number of nitriles is 1. The molecule has 40 heavy (non-hydrogen) atoms. The first-order valence-electron chi connectivity index (χ1n) is 11.9. The number of hydrogen-bond donors (Lipinski definition) is 0. The zero-order valence-corrected chi connectivity index (χ0v) is 22.8. The van der Waals surface area contributed by atoms with E-state index >= 15 is 4.39 Å². The molecule has 0 unspecified atom stereocenters. The molecular weight excluding hydrogens is 602 g/mol. The third-order valence-corrected chi connectivity index (χ3v) is 8.76. The van der Waals surface area contributed by atoms with Crippen molar-refractivity contribution in [2.24, 2.45) is 0 Å². The number of para-hydroxylation sites is 1. The molecule has 0 bridgehead atoms. The van der Waals surface area contributed by atoms with Crippen LogP contribution in [0, 0.1) is 23.0 Å². The molecule has 0 spiro atoms. The van der Waals surface area contributed by atoms with Crippen molar-refractivity contribution in [1.82, 2.24) is 13.8 Å². The van der Waals surface area contributed by atoms with Gasteiger partial charge in [-0.15, -0.1) is 0 Å². The molecule has 0 saturated carbocycles. The van der Waals surface area contributed by atoms with Gasteiger partial charge in [-0.2, -0.15) is 10.4 Å². The van der Waals surface area contributed by atoms with Gasteiger partial charge in [0.2, 0.25) is 0 Å². The summed E-state index contributed by atoms with van der Waals surface area (Å²) in [6.07, 6.45) is 1.36. The van der Waals surface area contributed by atoms with E-state index < -0.39 is 21.7 Å². The number of fused-ring (bicyclic) bond motifs is 2. The third kappa shape index (κ3) is 4.31. The van der Waals surface area contributed by atoms with Gasteiger partial charge >= 0.3 is 0 Å². The molecule has 0 fully saturated rings. The Hall–Kier alpha value is -4.53. The topological polar surface area (TPSA) is 89.9 Å². The largest absolute Gasteiger partial charge is 0.454 e. The van der Waals surface area contributed by atoms with Crippen LogP contribution >= 0.6 is 15.9 Å². The van der Waals surface area contributed by atoms with E-state index in [0.29, 0.717) is 15.6 Å². The molecule has 0 atom stereocenters. The second kappa shape index (κ2) is 9.89. The van der Waals surface area contributed by atoms with Crippen molar-refractivity contribution in [3.63, 3.8) is 0 Å². The average molecular weight is 619 g/mol. The normalized spacial score (nSPS) is 11.7. The van der Waals surface area contributed by atoms with Gasteiger partial charge < -0.3 is 4.74 Å². The molecule has 0 N–H and O–H groups in total. The molecule has 11 heteroatoms. The fraction of sp³-hybridized carbons (Fsp3) is 0.0345. The maximum atomic E-state index is 15.9. The Kier molecular flexibility index (Phi) is 6.37. The highest BCUT2D eigenvalue weighted by Gasteiger charge is 2.25. The van der Waals surface area contributed by atoms with Gasteiger partial charge in [0, 0.05) is 34.7 Å². The standard InChI is InChI=1S/C29H17BrF2N4O3S/c30-29-22-8-4-5-9-26(22)35(34-29)17-23-21-12-13-36(40(37,38)20-6-2-1-3-7-20)27(21)15-25(32)28(23)39-19-10-11-24(31)18(14-19)16-33/h1-15H,17H2. The Morgan fingerprint density at radius 1 is 0.900 bits per heavy atom. The Labute approximate surface area is 235 Å². The first-order valence-corrected chi connectivity index (χ1v) is 14.1. The lowest BCUT2D eigenvalue weighted by atomic mass is 10.1. The van der Waals surface area contributed by atoms with Gasteiger partial charge in [0.15, 0.2) is 11.6 Å². The van der Waals surface area contributed by atoms with E-state index in [1.165, 1.54) is 30.5 Å². The van der Waals surface area contributed by atoms with Crippen molar-refractivity contribution in [2.75, 3.05) is 0 Å². The van der Waals surface area contributed by atoms with E-state index in [2.05, 4.69) is 21.0 Å². The Morgan fingerprint density at radius 2 is 1.65 bits per heavy atom. The molecule has 0 radical (unpaired) electrons. The van der Waals surface area contributed by atoms with Crippen LogP contribution in [0.5, 0.6) is 11.5 Å². The van der Waals surface area contributed by atoms with Crippen molar-refractivity contribution in [3.8, 4) is 17.6 Å². The fourth-order valence-corrected chi connectivity index (χ4v) is 6.47. The zero-order chi connectivity index (χ0) is 28.0. The molecule has 7 nitrogen and oxygen atoms in total. The second-order valence-corrected chi connectivity index (χ2v) is 11.4. The minimum atomic E-state index is -4.04. The van der Waals surface area contributed by atoms with Crippen LogP contribution in [0.4, 0.5) is 8.78 Å². The molecule has 0 saturated heterocycles. The molecule has 4 aromatic carbocycles. The van der Waals surface area contributed by atoms with Crippen LogP contribution in [-0.4, -0.2) is 22.2 Å². The first-order chi connectivity index (χ1) is 19.3. The number of halogens is 3. The van der Waals surface area contributed by atoms with Crippen molar-refractivity contribution in [3.05, 3.63) is 118 Å². The van der Waals surface area contributed by atoms with Gasteiger partial charge in [-0.05, 0) is 52.3 Å². The molecule has 2 aromatic heterocycles. The average Bonchev–Trinajstić information content (AvgIpc) is 3.53. The van der Waals surface area contributed by atoms with E-state index in [1.54, 1.807) is 35.0 Å². The van der Waals surface area contributed by atoms with Crippen LogP contribution < -0.4 is 4.74 Å². The summed E-state index contributed by atoms with van der Waals surface area (Å²) in [5.74, 6) is -1.74. The second-order valence-electron chi connectivity index (χ2n) is 8.85. The van der Waals surface area contributed by atoms with Crippen LogP contribution in [0.2, 0.25) is 0 Å². The monoisotopic (exact) mass is 618 g/mol. The van der Waals surface area contributed by atoms with Crippen molar-refractivity contribution in [2.45, 2.75) is 11.4 Å². The summed E-state index contributed by atoms with van der Waals surface area (Å²) in [6.45, 7) is 0.0113. The van der Waals surface area contributed by atoms with Gasteiger partial charge in [-0.25, -0.2) is 21.2 Å². The Balaban J connectivity index is 1.57. The highest BCUT2D eigenvalue weighted by atomic mass is 79.9. The van der Waals surface area contributed by atoms with E-state index in [4.69, 9.17) is 4.74 Å². The maximum Gasteiger partial charge on any atom is 0.268 e. The summed E-state index contributed by atoms with van der Waals surface area (Å²) in [7, 11) is -4.04. The smallest absolute Gasteiger partial charge is 0.268 e. The molecule has 2 heterocycles. The van der Waals surface area contributed by atoms with Crippen molar-refractivity contribution in [1.29, 1.82) is 5.26 Å².